The third kappa shape index (κ3) is 7.85. The molecule has 0 aliphatic carbocycles. The number of carbonyl (C=O) groups excluding carboxylic acids is 1. The van der Waals surface area contributed by atoms with Gasteiger partial charge in [0.2, 0.25) is 0 Å². The van der Waals surface area contributed by atoms with Crippen LogP contribution in [0.5, 0.6) is 5.75 Å². The molecule has 3 aromatic rings. The van der Waals surface area contributed by atoms with Crippen molar-refractivity contribution in [2.24, 2.45) is 5.73 Å². The molecule has 4 rings (SSSR count). The highest BCUT2D eigenvalue weighted by Gasteiger charge is 2.22. The number of halogens is 1. The average Bonchev–Trinajstić information content (AvgIpc) is 2.80. The molecule has 2 atom stereocenters. The molecule has 3 N–H and O–H groups in total. The van der Waals surface area contributed by atoms with Crippen molar-refractivity contribution in [3.63, 3.8) is 0 Å². The maximum Gasteiger partial charge on any atom is 0.306 e. The van der Waals surface area contributed by atoms with E-state index < -0.39 is 27.6 Å². The van der Waals surface area contributed by atoms with Gasteiger partial charge in [0.25, 0.3) is 5.91 Å². The van der Waals surface area contributed by atoms with Crippen molar-refractivity contribution in [3.05, 3.63) is 100 Å². The number of fused-ring (bicyclic) bond motifs is 4. The lowest BCUT2D eigenvalue weighted by molar-refractivity contribution is 0.0788. The molecule has 7 nitrogen and oxygen atoms in total. The van der Waals surface area contributed by atoms with E-state index >= 15 is 0 Å². The van der Waals surface area contributed by atoms with Crippen LogP contribution in [-0.2, 0) is 34.3 Å². The van der Waals surface area contributed by atoms with E-state index in [2.05, 4.69) is 11.4 Å². The second kappa shape index (κ2) is 11.0. The van der Waals surface area contributed by atoms with Crippen LogP contribution in [-0.4, -0.2) is 32.7 Å². The Hall–Kier alpha value is -3.27. The van der Waals surface area contributed by atoms with Crippen LogP contribution in [0.4, 0.5) is 4.39 Å². The van der Waals surface area contributed by atoms with Gasteiger partial charge in [0.05, 0.1) is 25.5 Å². The number of hydrogen-bond acceptors (Lipinski definition) is 6. The molecule has 0 fully saturated rings. The van der Waals surface area contributed by atoms with E-state index in [0.717, 1.165) is 22.9 Å². The van der Waals surface area contributed by atoms with Gasteiger partial charge in [-0.3, -0.25) is 4.79 Å². The highest BCUT2D eigenvalue weighted by Crippen LogP contribution is 2.25. The zero-order valence-electron chi connectivity index (χ0n) is 20.9. The molecule has 196 valence electrons. The SMILES string of the molecule is CC1(N)COCc2cc(OS(C)(=O)=O)cc(c2)C(=O)NC(c2ccc(F)cc2)CCc2cccc(c2)C1. The fourth-order valence-corrected chi connectivity index (χ4v) is 4.93. The van der Waals surface area contributed by atoms with Gasteiger partial charge in [-0.2, -0.15) is 8.42 Å². The largest absolute Gasteiger partial charge is 0.383 e. The Morgan fingerprint density at radius 3 is 2.51 bits per heavy atom. The summed E-state index contributed by atoms with van der Waals surface area (Å²) < 4.78 is 48.1. The van der Waals surface area contributed by atoms with Crippen LogP contribution >= 0.6 is 0 Å². The van der Waals surface area contributed by atoms with E-state index in [-0.39, 0.29) is 30.3 Å². The van der Waals surface area contributed by atoms with Crippen molar-refractivity contribution in [1.82, 2.24) is 5.32 Å². The van der Waals surface area contributed by atoms with Gasteiger partial charge in [0.1, 0.15) is 11.6 Å². The normalized spacial score (nSPS) is 21.2. The Bertz CT molecular complexity index is 1370. The van der Waals surface area contributed by atoms with Gasteiger partial charge >= 0.3 is 10.1 Å². The smallest absolute Gasteiger partial charge is 0.306 e. The lowest BCUT2D eigenvalue weighted by Gasteiger charge is -2.25. The van der Waals surface area contributed by atoms with E-state index in [1.54, 1.807) is 18.2 Å². The van der Waals surface area contributed by atoms with Crippen LogP contribution in [0.3, 0.4) is 0 Å². The summed E-state index contributed by atoms with van der Waals surface area (Å²) in [7, 11) is -3.81. The van der Waals surface area contributed by atoms with Crippen molar-refractivity contribution < 1.29 is 26.5 Å². The molecule has 1 amide bonds. The summed E-state index contributed by atoms with van der Waals surface area (Å²) in [5.74, 6) is -0.770. The van der Waals surface area contributed by atoms with Crippen LogP contribution in [0.25, 0.3) is 0 Å². The minimum absolute atomic E-state index is 0.0127. The highest BCUT2D eigenvalue weighted by atomic mass is 32.2. The van der Waals surface area contributed by atoms with Crippen molar-refractivity contribution in [2.45, 2.75) is 44.4 Å². The first-order chi connectivity index (χ1) is 17.5. The summed E-state index contributed by atoms with van der Waals surface area (Å²) in [4.78, 5) is 13.4. The van der Waals surface area contributed by atoms with Gasteiger partial charge in [-0.1, -0.05) is 36.4 Å². The van der Waals surface area contributed by atoms with Gasteiger partial charge in [0.15, 0.2) is 0 Å². The molecule has 3 aromatic carbocycles. The lowest BCUT2D eigenvalue weighted by Crippen LogP contribution is -2.43. The molecule has 0 radical (unpaired) electrons. The minimum Gasteiger partial charge on any atom is -0.383 e. The second-order valence-electron chi connectivity index (χ2n) is 9.91. The zero-order chi connectivity index (χ0) is 26.6. The summed E-state index contributed by atoms with van der Waals surface area (Å²) in [6.45, 7) is 2.27. The number of hydrogen-bond donors (Lipinski definition) is 2. The first kappa shape index (κ1) is 26.8. The standard InChI is InChI=1S/C28H31FN2O5S/c1-28(30)16-20-5-3-4-19(12-20)6-11-26(22-7-9-24(29)10-8-22)31-27(32)23-13-21(17-35-18-28)14-25(15-23)36-37(2,33)34/h3-5,7-10,12-15,26H,6,11,16-18,30H2,1-2H3,(H,31,32). The molecule has 2 unspecified atom stereocenters. The summed E-state index contributed by atoms with van der Waals surface area (Å²) in [6.07, 6.45) is 2.77. The summed E-state index contributed by atoms with van der Waals surface area (Å²) in [6, 6.07) is 18.3. The van der Waals surface area contributed by atoms with Crippen molar-refractivity contribution in [3.8, 4) is 5.75 Å². The number of nitrogens with two attached hydrogens (primary N) is 1. The number of nitrogens with one attached hydrogen (secondary N) is 1. The second-order valence-corrected chi connectivity index (χ2v) is 11.5. The molecule has 37 heavy (non-hydrogen) atoms. The quantitative estimate of drug-likeness (QED) is 0.499. The molecule has 0 saturated carbocycles. The topological polar surface area (TPSA) is 108 Å². The molecule has 1 aliphatic heterocycles. The Morgan fingerprint density at radius 1 is 1.05 bits per heavy atom. The van der Waals surface area contributed by atoms with Crippen LogP contribution in [0.1, 0.15) is 52.0 Å². The molecule has 0 saturated heterocycles. The zero-order valence-corrected chi connectivity index (χ0v) is 21.7. The Kier molecular flexibility index (Phi) is 7.96. The molecule has 1 heterocycles. The molecule has 0 spiro atoms. The van der Waals surface area contributed by atoms with Crippen molar-refractivity contribution in [1.29, 1.82) is 0 Å². The number of aryl methyl sites for hydroxylation is 1. The van der Waals surface area contributed by atoms with Crippen LogP contribution in [0.15, 0.2) is 66.7 Å². The maximum absolute atomic E-state index is 13.6. The van der Waals surface area contributed by atoms with Crippen molar-refractivity contribution >= 4 is 16.0 Å². The van der Waals surface area contributed by atoms with Crippen LogP contribution in [0.2, 0.25) is 0 Å². The number of ether oxygens (including phenoxy) is 1. The maximum atomic E-state index is 13.6. The van der Waals surface area contributed by atoms with Gasteiger partial charge in [-0.15, -0.1) is 0 Å². The van der Waals surface area contributed by atoms with E-state index in [1.807, 2.05) is 25.1 Å². The van der Waals surface area contributed by atoms with Gasteiger partial charge in [-0.25, -0.2) is 4.39 Å². The molecule has 9 heteroatoms. The Balaban J connectivity index is 1.72. The van der Waals surface area contributed by atoms with Gasteiger partial charge in [0, 0.05) is 11.1 Å². The number of carbonyl (C=O) groups is 1. The first-order valence-corrected chi connectivity index (χ1v) is 13.8. The van der Waals surface area contributed by atoms with E-state index in [4.69, 9.17) is 14.7 Å². The average molecular weight is 527 g/mol. The number of amides is 1. The van der Waals surface area contributed by atoms with E-state index in [1.165, 1.54) is 24.3 Å². The Labute approximate surface area is 216 Å². The number of benzene rings is 3. The lowest BCUT2D eigenvalue weighted by atomic mass is 9.92. The van der Waals surface area contributed by atoms with Crippen LogP contribution in [0, 0.1) is 5.82 Å². The van der Waals surface area contributed by atoms with Gasteiger partial charge in [-0.05, 0) is 78.8 Å². The predicted molar refractivity (Wildman–Crippen MR) is 139 cm³/mol. The fourth-order valence-electron chi connectivity index (χ4n) is 4.48. The van der Waals surface area contributed by atoms with Gasteiger partial charge < -0.3 is 20.0 Å². The summed E-state index contributed by atoms with van der Waals surface area (Å²) >= 11 is 0. The molecular formula is C28H31FN2O5S. The van der Waals surface area contributed by atoms with Crippen molar-refractivity contribution in [2.75, 3.05) is 12.9 Å². The summed E-state index contributed by atoms with van der Waals surface area (Å²) in [5, 5.41) is 3.03. The Morgan fingerprint density at radius 2 is 1.78 bits per heavy atom. The third-order valence-corrected chi connectivity index (χ3v) is 6.57. The highest BCUT2D eigenvalue weighted by molar-refractivity contribution is 7.86. The summed E-state index contributed by atoms with van der Waals surface area (Å²) in [5.41, 5.74) is 9.59. The number of rotatable bonds is 3. The third-order valence-electron chi connectivity index (χ3n) is 6.08. The predicted octanol–water partition coefficient (Wildman–Crippen LogP) is 4.06. The first-order valence-electron chi connectivity index (χ1n) is 12.0. The fraction of sp³-hybridized carbons (Fsp3) is 0.321. The monoisotopic (exact) mass is 526 g/mol. The molecule has 4 bridgehead atoms. The molecule has 1 aliphatic rings. The van der Waals surface area contributed by atoms with E-state index in [0.29, 0.717) is 24.8 Å². The molecular weight excluding hydrogens is 495 g/mol. The molecule has 0 aromatic heterocycles. The minimum atomic E-state index is -3.81. The van der Waals surface area contributed by atoms with E-state index in [9.17, 15) is 17.6 Å². The van der Waals surface area contributed by atoms with Crippen LogP contribution < -0.4 is 15.2 Å².